The number of hydrogen-bond acceptors (Lipinski definition) is 5. The summed E-state index contributed by atoms with van der Waals surface area (Å²) in [5, 5.41) is 0. The number of likely N-dealkylation sites (tertiary alicyclic amines) is 1. The summed E-state index contributed by atoms with van der Waals surface area (Å²) in [5.41, 5.74) is 1.08. The highest BCUT2D eigenvalue weighted by atomic mass is 16.5. The van der Waals surface area contributed by atoms with Gasteiger partial charge in [0.15, 0.2) is 0 Å². The Kier molecular flexibility index (Phi) is 4.04. The van der Waals surface area contributed by atoms with Crippen LogP contribution < -0.4 is 0 Å². The summed E-state index contributed by atoms with van der Waals surface area (Å²) in [6.45, 7) is 1.82. The number of nitrogens with zero attached hydrogens (tertiary/aromatic N) is 2. The van der Waals surface area contributed by atoms with Gasteiger partial charge in [0.05, 0.1) is 7.11 Å². The molecule has 1 unspecified atom stereocenters. The monoisotopic (exact) mass is 248 g/mol. The number of aromatic nitrogens is 1. The van der Waals surface area contributed by atoms with Crippen molar-refractivity contribution in [3.05, 3.63) is 30.1 Å². The Hall–Kier alpha value is -1.75. The lowest BCUT2D eigenvalue weighted by Crippen LogP contribution is -2.44. The molecule has 2 rings (SSSR count). The molecule has 2 heterocycles. The van der Waals surface area contributed by atoms with E-state index in [4.69, 9.17) is 0 Å². The standard InChI is InChI=1S/C13H16N2O3/c1-18-13(17)11-9-15(6-4-12(11)16)8-10-3-2-5-14-7-10/h2-3,5,7,11H,4,6,8-9H2,1H3. The van der Waals surface area contributed by atoms with Crippen molar-refractivity contribution >= 4 is 11.8 Å². The van der Waals surface area contributed by atoms with Crippen molar-refractivity contribution in [3.8, 4) is 0 Å². The molecule has 1 aromatic heterocycles. The predicted octanol–water partition coefficient (Wildman–Crippen LogP) is 0.646. The minimum atomic E-state index is -0.638. The number of pyridine rings is 1. The van der Waals surface area contributed by atoms with Crippen LogP contribution in [0.5, 0.6) is 0 Å². The molecule has 0 radical (unpaired) electrons. The molecule has 0 amide bonds. The second-order valence-corrected chi connectivity index (χ2v) is 4.39. The van der Waals surface area contributed by atoms with Gasteiger partial charge in [-0.15, -0.1) is 0 Å². The molecule has 0 aromatic carbocycles. The van der Waals surface area contributed by atoms with Crippen LogP contribution in [0.3, 0.4) is 0 Å². The number of hydrogen-bond donors (Lipinski definition) is 0. The minimum Gasteiger partial charge on any atom is -0.468 e. The molecular formula is C13H16N2O3. The fourth-order valence-electron chi connectivity index (χ4n) is 2.14. The molecule has 1 saturated heterocycles. The molecule has 18 heavy (non-hydrogen) atoms. The van der Waals surface area contributed by atoms with Gasteiger partial charge < -0.3 is 4.74 Å². The Morgan fingerprint density at radius 1 is 1.61 bits per heavy atom. The van der Waals surface area contributed by atoms with Gasteiger partial charge in [0.2, 0.25) is 0 Å². The van der Waals surface area contributed by atoms with E-state index < -0.39 is 11.9 Å². The lowest BCUT2D eigenvalue weighted by atomic mass is 9.96. The van der Waals surface area contributed by atoms with Crippen LogP contribution in [-0.2, 0) is 20.9 Å². The van der Waals surface area contributed by atoms with Gasteiger partial charge in [0.1, 0.15) is 11.7 Å². The zero-order valence-electron chi connectivity index (χ0n) is 10.3. The van der Waals surface area contributed by atoms with Crippen molar-refractivity contribution in [1.29, 1.82) is 0 Å². The van der Waals surface area contributed by atoms with Crippen LogP contribution in [0.15, 0.2) is 24.5 Å². The first kappa shape index (κ1) is 12.7. The number of methoxy groups -OCH3 is 1. The number of rotatable bonds is 3. The normalized spacial score (nSPS) is 20.7. The molecule has 0 N–H and O–H groups in total. The van der Waals surface area contributed by atoms with Crippen LogP contribution in [0.2, 0.25) is 0 Å². The van der Waals surface area contributed by atoms with E-state index in [1.165, 1.54) is 7.11 Å². The van der Waals surface area contributed by atoms with Crippen LogP contribution in [0, 0.1) is 5.92 Å². The fourth-order valence-corrected chi connectivity index (χ4v) is 2.14. The molecule has 1 aliphatic heterocycles. The van der Waals surface area contributed by atoms with E-state index in [1.807, 2.05) is 12.1 Å². The van der Waals surface area contributed by atoms with Crippen molar-refractivity contribution in [2.75, 3.05) is 20.2 Å². The maximum Gasteiger partial charge on any atom is 0.317 e. The Balaban J connectivity index is 1.99. The van der Waals surface area contributed by atoms with Crippen LogP contribution in [0.4, 0.5) is 0 Å². The number of ketones is 1. The van der Waals surface area contributed by atoms with E-state index in [1.54, 1.807) is 12.4 Å². The maximum absolute atomic E-state index is 11.7. The molecule has 0 bridgehead atoms. The highest BCUT2D eigenvalue weighted by Gasteiger charge is 2.33. The van der Waals surface area contributed by atoms with Crippen molar-refractivity contribution < 1.29 is 14.3 Å². The summed E-state index contributed by atoms with van der Waals surface area (Å²) in [4.78, 5) is 29.3. The van der Waals surface area contributed by atoms with E-state index in [0.717, 1.165) is 5.56 Å². The first-order valence-corrected chi connectivity index (χ1v) is 5.92. The number of carbonyl (C=O) groups is 2. The van der Waals surface area contributed by atoms with Gasteiger partial charge in [-0.2, -0.15) is 0 Å². The summed E-state index contributed by atoms with van der Waals surface area (Å²) < 4.78 is 4.66. The summed E-state index contributed by atoms with van der Waals surface area (Å²) in [5.74, 6) is -1.10. The van der Waals surface area contributed by atoms with Crippen LogP contribution in [0.25, 0.3) is 0 Å². The van der Waals surface area contributed by atoms with Crippen molar-refractivity contribution in [2.24, 2.45) is 5.92 Å². The molecule has 96 valence electrons. The molecule has 1 fully saturated rings. The number of esters is 1. The Morgan fingerprint density at radius 2 is 2.44 bits per heavy atom. The highest BCUT2D eigenvalue weighted by Crippen LogP contribution is 2.16. The molecule has 0 saturated carbocycles. The summed E-state index contributed by atoms with van der Waals surface area (Å²) in [6, 6.07) is 3.86. The number of piperidine rings is 1. The largest absolute Gasteiger partial charge is 0.468 e. The first-order valence-electron chi connectivity index (χ1n) is 5.92. The van der Waals surface area contributed by atoms with E-state index in [0.29, 0.717) is 26.1 Å². The second-order valence-electron chi connectivity index (χ2n) is 4.39. The van der Waals surface area contributed by atoms with Gasteiger partial charge >= 0.3 is 5.97 Å². The third kappa shape index (κ3) is 2.92. The number of Topliss-reactive ketones (excluding diaryl/α,β-unsaturated/α-hetero) is 1. The van der Waals surface area contributed by atoms with Gasteiger partial charge in [0, 0.05) is 38.4 Å². The van der Waals surface area contributed by atoms with E-state index in [9.17, 15) is 9.59 Å². The second kappa shape index (κ2) is 5.73. The van der Waals surface area contributed by atoms with Crippen LogP contribution in [0.1, 0.15) is 12.0 Å². The van der Waals surface area contributed by atoms with Gasteiger partial charge in [-0.25, -0.2) is 0 Å². The van der Waals surface area contributed by atoms with Gasteiger partial charge in [-0.1, -0.05) is 6.07 Å². The lowest BCUT2D eigenvalue weighted by molar-refractivity contribution is -0.152. The van der Waals surface area contributed by atoms with Gasteiger partial charge in [-0.05, 0) is 11.6 Å². The fraction of sp³-hybridized carbons (Fsp3) is 0.462. The topological polar surface area (TPSA) is 59.5 Å². The molecule has 0 spiro atoms. The van der Waals surface area contributed by atoms with Crippen LogP contribution >= 0.6 is 0 Å². The Labute approximate surface area is 106 Å². The predicted molar refractivity (Wildman–Crippen MR) is 64.6 cm³/mol. The third-order valence-corrected chi connectivity index (χ3v) is 3.12. The smallest absolute Gasteiger partial charge is 0.317 e. The molecule has 1 atom stereocenters. The zero-order chi connectivity index (χ0) is 13.0. The molecule has 1 aliphatic rings. The lowest BCUT2D eigenvalue weighted by Gasteiger charge is -2.30. The first-order chi connectivity index (χ1) is 8.70. The average molecular weight is 248 g/mol. The average Bonchev–Trinajstić information content (AvgIpc) is 2.41. The highest BCUT2D eigenvalue weighted by molar-refractivity contribution is 5.99. The quantitative estimate of drug-likeness (QED) is 0.580. The number of ether oxygens (including phenoxy) is 1. The molecule has 0 aliphatic carbocycles. The van der Waals surface area contributed by atoms with Gasteiger partial charge in [-0.3, -0.25) is 19.5 Å². The van der Waals surface area contributed by atoms with E-state index >= 15 is 0 Å². The summed E-state index contributed by atoms with van der Waals surface area (Å²) in [6.07, 6.45) is 3.92. The minimum absolute atomic E-state index is 0.0238. The van der Waals surface area contributed by atoms with Crippen molar-refractivity contribution in [1.82, 2.24) is 9.88 Å². The summed E-state index contributed by atoms with van der Waals surface area (Å²) in [7, 11) is 1.32. The molecule has 1 aromatic rings. The van der Waals surface area contributed by atoms with Gasteiger partial charge in [0.25, 0.3) is 0 Å². The molecule has 5 nitrogen and oxygen atoms in total. The van der Waals surface area contributed by atoms with Crippen molar-refractivity contribution in [3.63, 3.8) is 0 Å². The van der Waals surface area contributed by atoms with E-state index in [2.05, 4.69) is 14.6 Å². The molecular weight excluding hydrogens is 232 g/mol. The Bertz CT molecular complexity index is 425. The van der Waals surface area contributed by atoms with Crippen molar-refractivity contribution in [2.45, 2.75) is 13.0 Å². The maximum atomic E-state index is 11.7. The Morgan fingerprint density at radius 3 is 3.11 bits per heavy atom. The third-order valence-electron chi connectivity index (χ3n) is 3.12. The van der Waals surface area contributed by atoms with Crippen LogP contribution in [-0.4, -0.2) is 41.8 Å². The zero-order valence-corrected chi connectivity index (χ0v) is 10.3. The number of carbonyl (C=O) groups excluding carboxylic acids is 2. The molecule has 5 heteroatoms. The SMILES string of the molecule is COC(=O)C1CN(Cc2cccnc2)CCC1=O. The van der Waals surface area contributed by atoms with E-state index in [-0.39, 0.29) is 5.78 Å². The summed E-state index contributed by atoms with van der Waals surface area (Å²) >= 11 is 0.